The molecule has 4 aliphatic rings. The lowest BCUT2D eigenvalue weighted by Crippen LogP contribution is -2.55. The molecule has 3 N–H and O–H groups in total. The number of thioether (sulfide) groups is 1. The summed E-state index contributed by atoms with van der Waals surface area (Å²) in [6.07, 6.45) is 10.7. The van der Waals surface area contributed by atoms with Gasteiger partial charge >= 0.3 is 6.03 Å². The van der Waals surface area contributed by atoms with Gasteiger partial charge in [-0.1, -0.05) is 48.6 Å². The molecule has 3 aliphatic heterocycles. The summed E-state index contributed by atoms with van der Waals surface area (Å²) in [5.74, 6) is 0.697. The number of urea groups is 1. The van der Waals surface area contributed by atoms with Crippen molar-refractivity contribution < 1.29 is 14.6 Å². The number of likely N-dealkylation sites (tertiary alicyclic amines) is 1. The van der Waals surface area contributed by atoms with Gasteiger partial charge in [-0.2, -0.15) is 0 Å². The topological polar surface area (TPSA) is 79.0 Å². The second-order valence-corrected chi connectivity index (χ2v) is 11.4. The van der Waals surface area contributed by atoms with Gasteiger partial charge in [-0.15, -0.1) is 24.2 Å². The van der Waals surface area contributed by atoms with E-state index in [1.807, 2.05) is 58.8 Å². The predicted octanol–water partition coefficient (Wildman–Crippen LogP) is 5.37. The molecule has 8 heteroatoms. The fraction of sp³-hybridized carbons (Fsp3) is 0.414. The number of phenolic OH excluding ortho intramolecular Hbond substituents is 1. The highest BCUT2D eigenvalue weighted by Crippen LogP contribution is 2.45. The molecule has 1 aliphatic carbocycles. The normalized spacial score (nSPS) is 26.6. The monoisotopic (exact) mass is 539 g/mol. The van der Waals surface area contributed by atoms with Crippen LogP contribution in [0.5, 0.6) is 5.75 Å². The van der Waals surface area contributed by atoms with E-state index in [2.05, 4.69) is 30.4 Å². The summed E-state index contributed by atoms with van der Waals surface area (Å²) in [7, 11) is 0. The Morgan fingerprint density at radius 2 is 1.89 bits per heavy atom. The van der Waals surface area contributed by atoms with Crippen molar-refractivity contribution in [2.75, 3.05) is 24.5 Å². The lowest BCUT2D eigenvalue weighted by molar-refractivity contribution is -0.0625. The Morgan fingerprint density at radius 3 is 2.68 bits per heavy atom. The molecule has 196 valence electrons. The number of ether oxygens (including phenoxy) is 1. The number of anilines is 1. The second kappa shape index (κ2) is 10.7. The minimum Gasteiger partial charge on any atom is -0.507 e. The zero-order chi connectivity index (χ0) is 24.8. The number of benzene rings is 2. The summed E-state index contributed by atoms with van der Waals surface area (Å²) in [5, 5.41) is 11.0. The Kier molecular flexibility index (Phi) is 7.59. The van der Waals surface area contributed by atoms with Gasteiger partial charge in [0.2, 0.25) is 0 Å². The van der Waals surface area contributed by atoms with Crippen molar-refractivity contribution in [1.29, 1.82) is 0 Å². The minimum absolute atomic E-state index is 0. The molecule has 3 heterocycles. The number of nitrogens with zero attached hydrogens (tertiary/aromatic N) is 2. The third-order valence-electron chi connectivity index (χ3n) is 8.11. The van der Waals surface area contributed by atoms with Crippen molar-refractivity contribution in [2.45, 2.75) is 54.6 Å². The fourth-order valence-corrected chi connectivity index (χ4v) is 7.36. The van der Waals surface area contributed by atoms with E-state index >= 15 is 0 Å². The Hall–Kier alpha value is -2.45. The molecule has 6 nitrogen and oxygen atoms in total. The molecule has 6 rings (SSSR count). The van der Waals surface area contributed by atoms with E-state index < -0.39 is 0 Å². The van der Waals surface area contributed by atoms with Gasteiger partial charge in [0.25, 0.3) is 0 Å². The number of phenols is 1. The van der Waals surface area contributed by atoms with Gasteiger partial charge in [-0.25, -0.2) is 4.79 Å². The van der Waals surface area contributed by atoms with Crippen LogP contribution < -0.4 is 10.6 Å². The molecule has 2 unspecified atom stereocenters. The molecule has 0 bridgehead atoms. The number of hydrogen-bond donors (Lipinski definition) is 2. The van der Waals surface area contributed by atoms with Crippen LogP contribution in [0.2, 0.25) is 0 Å². The van der Waals surface area contributed by atoms with Crippen molar-refractivity contribution in [3.63, 3.8) is 0 Å². The van der Waals surface area contributed by atoms with Gasteiger partial charge in [0.05, 0.1) is 29.2 Å². The molecular weight excluding hydrogens is 506 g/mol. The zero-order valence-electron chi connectivity index (χ0n) is 21.0. The summed E-state index contributed by atoms with van der Waals surface area (Å²) >= 11 is 1.83. The molecule has 1 fully saturated rings. The number of hydrogen-bond acceptors (Lipinski definition) is 5. The summed E-state index contributed by atoms with van der Waals surface area (Å²) in [6.45, 7) is 3.72. The van der Waals surface area contributed by atoms with Gasteiger partial charge in [-0.05, 0) is 48.9 Å². The first-order valence-corrected chi connectivity index (χ1v) is 13.8. The maximum atomic E-state index is 13.9. The molecule has 0 radical (unpaired) electrons. The second-order valence-electron chi connectivity index (χ2n) is 10.2. The van der Waals surface area contributed by atoms with Crippen molar-refractivity contribution in [1.82, 2.24) is 4.90 Å². The van der Waals surface area contributed by atoms with E-state index in [1.165, 1.54) is 0 Å². The average Bonchev–Trinajstić information content (AvgIpc) is 2.93. The molecule has 0 spiro atoms. The van der Waals surface area contributed by atoms with Crippen LogP contribution in [0, 0.1) is 12.8 Å². The van der Waals surface area contributed by atoms with Crippen LogP contribution >= 0.6 is 24.2 Å². The lowest BCUT2D eigenvalue weighted by Gasteiger charge is -2.45. The predicted molar refractivity (Wildman–Crippen MR) is 151 cm³/mol. The van der Waals surface area contributed by atoms with Gasteiger partial charge in [0.15, 0.2) is 0 Å². The van der Waals surface area contributed by atoms with E-state index in [0.29, 0.717) is 37.7 Å². The maximum Gasteiger partial charge on any atom is 0.325 e. The Balaban J connectivity index is 0.00000280. The largest absolute Gasteiger partial charge is 0.507 e. The minimum atomic E-state index is -0.199. The number of carbonyl (C=O) groups is 1. The van der Waals surface area contributed by atoms with Crippen molar-refractivity contribution in [3.05, 3.63) is 77.4 Å². The first-order valence-electron chi connectivity index (χ1n) is 12.9. The van der Waals surface area contributed by atoms with Crippen LogP contribution in [0.1, 0.15) is 35.6 Å². The number of halogens is 1. The average molecular weight is 540 g/mol. The number of piperidine rings is 1. The molecule has 4 atom stereocenters. The smallest absolute Gasteiger partial charge is 0.325 e. The third-order valence-corrected chi connectivity index (χ3v) is 9.42. The molecule has 0 saturated carbocycles. The highest BCUT2D eigenvalue weighted by atomic mass is 35.5. The van der Waals surface area contributed by atoms with E-state index in [4.69, 9.17) is 10.5 Å². The standard InChI is InChI=1S/C29H33N3O3S.ClH/c1-18-10-11-20-21(28(18)33)16-24(35-25(20)17-30)19-12-14-31(15-13-19)29(34)32-22-6-2-4-8-26(22)36-27-9-5-3-7-23(27)32;/h2-11,19,22,24-26,33H,12-17,30H2,1H3;1H/t22?,24-,25-,26?;/m0./s1. The number of nitrogens with two attached hydrogens (primary N) is 1. The molecular formula is C29H34ClN3O3S. The molecule has 2 aromatic rings. The summed E-state index contributed by atoms with van der Waals surface area (Å²) in [5.41, 5.74) is 9.93. The zero-order valence-corrected chi connectivity index (χ0v) is 22.6. The molecule has 0 aromatic heterocycles. The van der Waals surface area contributed by atoms with Crippen LogP contribution in [-0.2, 0) is 11.2 Å². The van der Waals surface area contributed by atoms with Crippen molar-refractivity contribution in [3.8, 4) is 5.75 Å². The third kappa shape index (κ3) is 4.67. The van der Waals surface area contributed by atoms with Gasteiger partial charge in [-0.3, -0.25) is 4.90 Å². The van der Waals surface area contributed by atoms with Crippen molar-refractivity contribution >= 4 is 35.9 Å². The van der Waals surface area contributed by atoms with Gasteiger partial charge in [0.1, 0.15) is 5.75 Å². The van der Waals surface area contributed by atoms with Crippen LogP contribution in [-0.4, -0.2) is 53.1 Å². The summed E-state index contributed by atoms with van der Waals surface area (Å²) in [6, 6.07) is 12.3. The molecule has 2 aromatic carbocycles. The van der Waals surface area contributed by atoms with E-state index in [-0.39, 0.29) is 41.9 Å². The number of carbonyl (C=O) groups excluding carboxylic acids is 1. The number of aromatic hydroxyl groups is 1. The van der Waals surface area contributed by atoms with Crippen LogP contribution in [0.3, 0.4) is 0 Å². The molecule has 1 saturated heterocycles. The number of aryl methyl sites for hydroxylation is 1. The van der Waals surface area contributed by atoms with E-state index in [9.17, 15) is 9.90 Å². The maximum absolute atomic E-state index is 13.9. The first kappa shape index (κ1) is 26.2. The number of para-hydroxylation sites is 1. The van der Waals surface area contributed by atoms with E-state index in [0.717, 1.165) is 40.1 Å². The molecule has 2 amide bonds. The summed E-state index contributed by atoms with van der Waals surface area (Å²) < 4.78 is 6.46. The van der Waals surface area contributed by atoms with E-state index in [1.54, 1.807) is 0 Å². The van der Waals surface area contributed by atoms with Gasteiger partial charge in [0, 0.05) is 36.5 Å². The van der Waals surface area contributed by atoms with Crippen molar-refractivity contribution in [2.24, 2.45) is 11.7 Å². The van der Waals surface area contributed by atoms with Crippen LogP contribution in [0.15, 0.2) is 65.6 Å². The highest BCUT2D eigenvalue weighted by molar-refractivity contribution is 8.00. The lowest BCUT2D eigenvalue weighted by atomic mass is 9.83. The Bertz CT molecular complexity index is 1230. The SMILES string of the molecule is Cc1ccc2c(c1O)C[C@@H](C1CCN(C(=O)N3c4ccccc4SC4C=CC=CC43)CC1)O[C@H]2CN.Cl. The Morgan fingerprint density at radius 1 is 1.14 bits per heavy atom. The molecule has 37 heavy (non-hydrogen) atoms. The number of allylic oxidation sites excluding steroid dienone is 2. The number of rotatable bonds is 2. The number of amides is 2. The quantitative estimate of drug-likeness (QED) is 0.536. The Labute approximate surface area is 228 Å². The summed E-state index contributed by atoms with van der Waals surface area (Å²) in [4.78, 5) is 19.1. The fourth-order valence-electron chi connectivity index (χ4n) is 6.10. The number of fused-ring (bicyclic) bond motifs is 3. The van der Waals surface area contributed by atoms with Crippen LogP contribution in [0.25, 0.3) is 0 Å². The first-order chi connectivity index (χ1) is 17.5. The van der Waals surface area contributed by atoms with Crippen LogP contribution in [0.4, 0.5) is 10.5 Å². The highest BCUT2D eigenvalue weighted by Gasteiger charge is 2.41. The van der Waals surface area contributed by atoms with Gasteiger partial charge < -0.3 is 20.5 Å².